The summed E-state index contributed by atoms with van der Waals surface area (Å²) in [6, 6.07) is 1.82. The Morgan fingerprint density at radius 1 is 1.04 bits per heavy atom. The zero-order valence-corrected chi connectivity index (χ0v) is 17.6. The van der Waals surface area contributed by atoms with E-state index in [4.69, 9.17) is 0 Å². The van der Waals surface area contributed by atoms with Crippen molar-refractivity contribution in [3.63, 3.8) is 0 Å². The van der Waals surface area contributed by atoms with Gasteiger partial charge in [-0.15, -0.1) is 24.0 Å². The SMILES string of the molecule is CN=C(NCC(=O)N1CCCCC1)N1CCN(c2ncccn2)CC1.I. The van der Waals surface area contributed by atoms with Gasteiger partial charge < -0.3 is 20.0 Å². The van der Waals surface area contributed by atoms with Gasteiger partial charge in [0.1, 0.15) is 0 Å². The molecule has 144 valence electrons. The molecule has 1 amide bonds. The van der Waals surface area contributed by atoms with E-state index in [1.807, 2.05) is 11.0 Å². The van der Waals surface area contributed by atoms with Crippen molar-refractivity contribution in [1.29, 1.82) is 0 Å². The van der Waals surface area contributed by atoms with E-state index in [9.17, 15) is 4.79 Å². The molecular weight excluding hydrogens is 445 g/mol. The molecule has 0 saturated carbocycles. The number of anilines is 1. The first-order valence-electron chi connectivity index (χ1n) is 9.03. The van der Waals surface area contributed by atoms with Gasteiger partial charge in [0.05, 0.1) is 6.54 Å². The molecule has 1 N–H and O–H groups in total. The second kappa shape index (κ2) is 10.5. The Balaban J connectivity index is 0.00000243. The number of nitrogens with zero attached hydrogens (tertiary/aromatic N) is 6. The lowest BCUT2D eigenvalue weighted by Crippen LogP contribution is -2.54. The third-order valence-corrected chi connectivity index (χ3v) is 4.73. The number of aliphatic imine (C=N–C) groups is 1. The molecule has 2 fully saturated rings. The highest BCUT2D eigenvalue weighted by molar-refractivity contribution is 14.0. The molecule has 0 unspecified atom stereocenters. The number of piperazine rings is 1. The summed E-state index contributed by atoms with van der Waals surface area (Å²) in [7, 11) is 1.76. The molecule has 26 heavy (non-hydrogen) atoms. The Kier molecular flexibility index (Phi) is 8.33. The van der Waals surface area contributed by atoms with Crippen LogP contribution in [0.3, 0.4) is 0 Å². The molecular formula is C17H28IN7O. The zero-order chi connectivity index (χ0) is 17.5. The summed E-state index contributed by atoms with van der Waals surface area (Å²) in [5.74, 6) is 1.72. The van der Waals surface area contributed by atoms with E-state index >= 15 is 0 Å². The number of rotatable bonds is 3. The van der Waals surface area contributed by atoms with Crippen LogP contribution >= 0.6 is 24.0 Å². The molecule has 3 heterocycles. The molecule has 9 heteroatoms. The first-order chi connectivity index (χ1) is 12.3. The normalized spacial score (nSPS) is 18.3. The van der Waals surface area contributed by atoms with Crippen LogP contribution in [0.1, 0.15) is 19.3 Å². The standard InChI is InChI=1S/C17H27N7O.HI/c1-18-16(21-14-15(25)22-8-3-2-4-9-22)23-10-12-24(13-11-23)17-19-6-5-7-20-17;/h5-7H,2-4,8-14H2,1H3,(H,18,21);1H. The maximum absolute atomic E-state index is 12.3. The van der Waals surface area contributed by atoms with Crippen LogP contribution < -0.4 is 10.2 Å². The van der Waals surface area contributed by atoms with Gasteiger partial charge in [0.2, 0.25) is 11.9 Å². The lowest BCUT2D eigenvalue weighted by atomic mass is 10.1. The Morgan fingerprint density at radius 2 is 1.69 bits per heavy atom. The summed E-state index contributed by atoms with van der Waals surface area (Å²) in [6.45, 7) is 5.42. The smallest absolute Gasteiger partial charge is 0.241 e. The van der Waals surface area contributed by atoms with Crippen molar-refractivity contribution in [2.45, 2.75) is 19.3 Å². The van der Waals surface area contributed by atoms with Crippen LogP contribution in [-0.4, -0.2) is 84.5 Å². The Morgan fingerprint density at radius 3 is 2.31 bits per heavy atom. The number of carbonyl (C=O) groups excluding carboxylic acids is 1. The summed E-state index contributed by atoms with van der Waals surface area (Å²) in [6.07, 6.45) is 6.99. The number of piperidine rings is 1. The highest BCUT2D eigenvalue weighted by Crippen LogP contribution is 2.10. The maximum atomic E-state index is 12.3. The number of hydrogen-bond donors (Lipinski definition) is 1. The number of guanidine groups is 1. The highest BCUT2D eigenvalue weighted by atomic mass is 127. The average Bonchev–Trinajstić information content (AvgIpc) is 2.70. The molecule has 3 rings (SSSR count). The van der Waals surface area contributed by atoms with Crippen LogP contribution in [0.4, 0.5) is 5.95 Å². The molecule has 0 aliphatic carbocycles. The van der Waals surface area contributed by atoms with Crippen LogP contribution in [0.15, 0.2) is 23.5 Å². The average molecular weight is 473 g/mol. The van der Waals surface area contributed by atoms with Crippen LogP contribution in [-0.2, 0) is 4.79 Å². The van der Waals surface area contributed by atoms with E-state index in [1.54, 1.807) is 19.4 Å². The Bertz CT molecular complexity index is 584. The summed E-state index contributed by atoms with van der Waals surface area (Å²) in [4.78, 5) is 31.6. The van der Waals surface area contributed by atoms with Gasteiger partial charge in [-0.2, -0.15) is 0 Å². The first kappa shape index (κ1) is 20.7. The highest BCUT2D eigenvalue weighted by Gasteiger charge is 2.22. The van der Waals surface area contributed by atoms with Crippen molar-refractivity contribution >= 4 is 41.8 Å². The van der Waals surface area contributed by atoms with Crippen LogP contribution in [0.5, 0.6) is 0 Å². The number of aromatic nitrogens is 2. The van der Waals surface area contributed by atoms with Crippen LogP contribution in [0.2, 0.25) is 0 Å². The molecule has 2 aliphatic rings. The second-order valence-electron chi connectivity index (χ2n) is 6.37. The quantitative estimate of drug-likeness (QED) is 0.398. The molecule has 1 aromatic rings. The Labute approximate surface area is 172 Å². The minimum atomic E-state index is 0. The molecule has 2 aliphatic heterocycles. The van der Waals surface area contributed by atoms with Crippen LogP contribution in [0.25, 0.3) is 0 Å². The van der Waals surface area contributed by atoms with Crippen molar-refractivity contribution in [3.8, 4) is 0 Å². The fourth-order valence-corrected chi connectivity index (χ4v) is 3.31. The third kappa shape index (κ3) is 5.42. The maximum Gasteiger partial charge on any atom is 0.241 e. The molecule has 0 bridgehead atoms. The molecule has 0 aromatic carbocycles. The first-order valence-corrected chi connectivity index (χ1v) is 9.03. The number of nitrogens with one attached hydrogen (secondary N) is 1. The van der Waals surface area contributed by atoms with E-state index in [2.05, 4.69) is 30.1 Å². The van der Waals surface area contributed by atoms with E-state index in [-0.39, 0.29) is 29.9 Å². The monoisotopic (exact) mass is 473 g/mol. The van der Waals surface area contributed by atoms with Gasteiger partial charge in [-0.05, 0) is 25.3 Å². The van der Waals surface area contributed by atoms with Gasteiger partial charge >= 0.3 is 0 Å². The summed E-state index contributed by atoms with van der Waals surface area (Å²) < 4.78 is 0. The number of likely N-dealkylation sites (tertiary alicyclic amines) is 1. The van der Waals surface area contributed by atoms with Gasteiger partial charge in [0.15, 0.2) is 5.96 Å². The van der Waals surface area contributed by atoms with Gasteiger partial charge in [0, 0.05) is 58.7 Å². The number of halogens is 1. The van der Waals surface area contributed by atoms with E-state index < -0.39 is 0 Å². The van der Waals surface area contributed by atoms with Crippen molar-refractivity contribution < 1.29 is 4.79 Å². The van der Waals surface area contributed by atoms with E-state index in [0.29, 0.717) is 6.54 Å². The third-order valence-electron chi connectivity index (χ3n) is 4.73. The summed E-state index contributed by atoms with van der Waals surface area (Å²) in [5.41, 5.74) is 0. The van der Waals surface area contributed by atoms with Crippen molar-refractivity contribution in [1.82, 2.24) is 25.1 Å². The fraction of sp³-hybridized carbons (Fsp3) is 0.647. The fourth-order valence-electron chi connectivity index (χ4n) is 3.31. The molecule has 0 radical (unpaired) electrons. The van der Waals surface area contributed by atoms with Crippen LogP contribution in [0, 0.1) is 0 Å². The number of carbonyl (C=O) groups is 1. The minimum Gasteiger partial charge on any atom is -0.347 e. The molecule has 0 spiro atoms. The van der Waals surface area contributed by atoms with Crippen molar-refractivity contribution in [3.05, 3.63) is 18.5 Å². The van der Waals surface area contributed by atoms with Gasteiger partial charge in [-0.25, -0.2) is 9.97 Å². The topological polar surface area (TPSA) is 77.0 Å². The Hall–Kier alpha value is -1.65. The van der Waals surface area contributed by atoms with Crippen molar-refractivity contribution in [2.24, 2.45) is 4.99 Å². The van der Waals surface area contributed by atoms with Gasteiger partial charge in [-0.3, -0.25) is 9.79 Å². The molecule has 1 aromatic heterocycles. The zero-order valence-electron chi connectivity index (χ0n) is 15.3. The van der Waals surface area contributed by atoms with Gasteiger partial charge in [-0.1, -0.05) is 0 Å². The van der Waals surface area contributed by atoms with E-state index in [0.717, 1.165) is 64.0 Å². The predicted octanol–water partition coefficient (Wildman–Crippen LogP) is 0.804. The summed E-state index contributed by atoms with van der Waals surface area (Å²) >= 11 is 0. The molecule has 0 atom stereocenters. The molecule has 2 saturated heterocycles. The number of hydrogen-bond acceptors (Lipinski definition) is 5. The predicted molar refractivity (Wildman–Crippen MR) is 113 cm³/mol. The summed E-state index contributed by atoms with van der Waals surface area (Å²) in [5, 5.41) is 3.23. The second-order valence-corrected chi connectivity index (χ2v) is 6.37. The van der Waals surface area contributed by atoms with Gasteiger partial charge in [0.25, 0.3) is 0 Å². The molecule has 8 nitrogen and oxygen atoms in total. The van der Waals surface area contributed by atoms with Crippen molar-refractivity contribution in [2.75, 3.05) is 57.8 Å². The van der Waals surface area contributed by atoms with E-state index in [1.165, 1.54) is 6.42 Å². The lowest BCUT2D eigenvalue weighted by molar-refractivity contribution is -0.130. The lowest BCUT2D eigenvalue weighted by Gasteiger charge is -2.36. The largest absolute Gasteiger partial charge is 0.347 e. The minimum absolute atomic E-state index is 0. The number of amides is 1.